The molecule has 0 bridgehead atoms. The van der Waals surface area contributed by atoms with E-state index in [2.05, 4.69) is 29.1 Å². The first-order valence-electron chi connectivity index (χ1n) is 6.92. The third-order valence-electron chi connectivity index (χ3n) is 3.98. The van der Waals surface area contributed by atoms with Crippen LogP contribution in [0, 0.1) is 5.92 Å². The number of nitrogens with zero attached hydrogens (tertiary/aromatic N) is 2. The van der Waals surface area contributed by atoms with Crippen molar-refractivity contribution in [2.75, 3.05) is 46.3 Å². The van der Waals surface area contributed by atoms with Gasteiger partial charge in [0.25, 0.3) is 0 Å². The molecule has 0 aromatic rings. The maximum absolute atomic E-state index is 3.66. The van der Waals surface area contributed by atoms with Crippen LogP contribution in [0.15, 0.2) is 0 Å². The normalized spacial score (nSPS) is 26.8. The fourth-order valence-electron chi connectivity index (χ4n) is 2.37. The predicted octanol–water partition coefficient (Wildman–Crippen LogP) is 1.01. The third kappa shape index (κ3) is 4.04. The van der Waals surface area contributed by atoms with E-state index in [-0.39, 0.29) is 0 Å². The van der Waals surface area contributed by atoms with Gasteiger partial charge in [-0.05, 0) is 51.9 Å². The van der Waals surface area contributed by atoms with Crippen molar-refractivity contribution in [2.45, 2.75) is 32.2 Å². The zero-order valence-corrected chi connectivity index (χ0v) is 10.9. The highest BCUT2D eigenvalue weighted by Crippen LogP contribution is 2.21. The zero-order valence-electron chi connectivity index (χ0n) is 10.9. The van der Waals surface area contributed by atoms with Crippen LogP contribution in [0.4, 0.5) is 0 Å². The van der Waals surface area contributed by atoms with Crippen LogP contribution in [0.5, 0.6) is 0 Å². The number of rotatable bonds is 7. The SMILES string of the molecule is CCN(C)CCN1CCC(CNC2CC2)C1. The summed E-state index contributed by atoms with van der Waals surface area (Å²) in [4.78, 5) is 5.03. The van der Waals surface area contributed by atoms with Gasteiger partial charge in [-0.15, -0.1) is 0 Å². The second-order valence-electron chi connectivity index (χ2n) is 5.53. The lowest BCUT2D eigenvalue weighted by molar-refractivity contribution is 0.257. The Morgan fingerprint density at radius 3 is 2.81 bits per heavy atom. The van der Waals surface area contributed by atoms with Gasteiger partial charge in [0.2, 0.25) is 0 Å². The molecule has 3 nitrogen and oxygen atoms in total. The number of likely N-dealkylation sites (tertiary alicyclic amines) is 1. The molecule has 3 heteroatoms. The molecular weight excluding hydrogens is 198 g/mol. The molecule has 1 unspecified atom stereocenters. The van der Waals surface area contributed by atoms with Gasteiger partial charge in [-0.3, -0.25) is 0 Å². The van der Waals surface area contributed by atoms with Crippen LogP contribution in [-0.2, 0) is 0 Å². The number of likely N-dealkylation sites (N-methyl/N-ethyl adjacent to an activating group) is 1. The maximum atomic E-state index is 3.66. The average Bonchev–Trinajstić information content (AvgIpc) is 3.02. The minimum atomic E-state index is 0.875. The van der Waals surface area contributed by atoms with Crippen LogP contribution < -0.4 is 5.32 Å². The van der Waals surface area contributed by atoms with E-state index in [4.69, 9.17) is 0 Å². The van der Waals surface area contributed by atoms with Crippen molar-refractivity contribution in [3.8, 4) is 0 Å². The Morgan fingerprint density at radius 2 is 2.12 bits per heavy atom. The monoisotopic (exact) mass is 225 g/mol. The molecule has 1 atom stereocenters. The smallest absolute Gasteiger partial charge is 0.0109 e. The molecule has 2 fully saturated rings. The summed E-state index contributed by atoms with van der Waals surface area (Å²) in [5.74, 6) is 0.910. The quantitative estimate of drug-likeness (QED) is 0.698. The molecule has 1 heterocycles. The van der Waals surface area contributed by atoms with E-state index in [1.807, 2.05) is 0 Å². The molecule has 1 N–H and O–H groups in total. The first-order chi connectivity index (χ1) is 7.78. The minimum absolute atomic E-state index is 0.875. The molecule has 2 aliphatic rings. The molecule has 1 saturated carbocycles. The lowest BCUT2D eigenvalue weighted by atomic mass is 10.1. The topological polar surface area (TPSA) is 18.5 Å². The van der Waals surface area contributed by atoms with E-state index in [1.54, 1.807) is 0 Å². The van der Waals surface area contributed by atoms with Crippen molar-refractivity contribution < 1.29 is 0 Å². The Labute approximate surface area is 100 Å². The van der Waals surface area contributed by atoms with Crippen LogP contribution in [0.25, 0.3) is 0 Å². The first kappa shape index (κ1) is 12.3. The summed E-state index contributed by atoms with van der Waals surface area (Å²) in [6.45, 7) is 9.76. The summed E-state index contributed by atoms with van der Waals surface area (Å²) in [6.07, 6.45) is 4.23. The number of nitrogens with one attached hydrogen (secondary N) is 1. The minimum Gasteiger partial charge on any atom is -0.314 e. The summed E-state index contributed by atoms with van der Waals surface area (Å²) in [6, 6.07) is 0.875. The second-order valence-corrected chi connectivity index (χ2v) is 5.53. The second kappa shape index (κ2) is 5.99. The first-order valence-corrected chi connectivity index (χ1v) is 6.92. The van der Waals surface area contributed by atoms with E-state index in [0.29, 0.717) is 0 Å². The zero-order chi connectivity index (χ0) is 11.4. The van der Waals surface area contributed by atoms with Gasteiger partial charge in [-0.2, -0.15) is 0 Å². The average molecular weight is 225 g/mol. The summed E-state index contributed by atoms with van der Waals surface area (Å²) in [5.41, 5.74) is 0. The Kier molecular flexibility index (Phi) is 4.62. The molecule has 0 amide bonds. The summed E-state index contributed by atoms with van der Waals surface area (Å²) in [5, 5.41) is 3.66. The number of hydrogen-bond donors (Lipinski definition) is 1. The fraction of sp³-hybridized carbons (Fsp3) is 1.00. The molecule has 16 heavy (non-hydrogen) atoms. The molecule has 2 rings (SSSR count). The van der Waals surface area contributed by atoms with Gasteiger partial charge in [0, 0.05) is 25.7 Å². The molecule has 0 aromatic heterocycles. The molecule has 0 spiro atoms. The molecule has 1 saturated heterocycles. The van der Waals surface area contributed by atoms with Crippen molar-refractivity contribution in [3.63, 3.8) is 0 Å². The predicted molar refractivity (Wildman–Crippen MR) is 68.7 cm³/mol. The van der Waals surface area contributed by atoms with Gasteiger partial charge >= 0.3 is 0 Å². The highest BCUT2D eigenvalue weighted by atomic mass is 15.2. The third-order valence-corrected chi connectivity index (χ3v) is 3.98. The summed E-state index contributed by atoms with van der Waals surface area (Å²) < 4.78 is 0. The summed E-state index contributed by atoms with van der Waals surface area (Å²) >= 11 is 0. The molecule has 0 aromatic carbocycles. The van der Waals surface area contributed by atoms with E-state index < -0.39 is 0 Å². The highest BCUT2D eigenvalue weighted by molar-refractivity contribution is 4.84. The standard InChI is InChI=1S/C13H27N3/c1-3-15(2)8-9-16-7-6-12(11-16)10-14-13-4-5-13/h12-14H,3-11H2,1-2H3. The number of hydrogen-bond acceptors (Lipinski definition) is 3. The Hall–Kier alpha value is -0.120. The van der Waals surface area contributed by atoms with Crippen molar-refractivity contribution >= 4 is 0 Å². The van der Waals surface area contributed by atoms with E-state index in [0.717, 1.165) is 12.0 Å². The van der Waals surface area contributed by atoms with E-state index >= 15 is 0 Å². The molecule has 1 aliphatic heterocycles. The molecule has 0 radical (unpaired) electrons. The van der Waals surface area contributed by atoms with Gasteiger partial charge in [0.1, 0.15) is 0 Å². The fourth-order valence-corrected chi connectivity index (χ4v) is 2.37. The van der Waals surface area contributed by atoms with Gasteiger partial charge in [-0.25, -0.2) is 0 Å². The van der Waals surface area contributed by atoms with Crippen molar-refractivity contribution in [1.82, 2.24) is 15.1 Å². The van der Waals surface area contributed by atoms with Crippen LogP contribution in [-0.4, -0.2) is 62.2 Å². The van der Waals surface area contributed by atoms with Crippen molar-refractivity contribution in [1.29, 1.82) is 0 Å². The van der Waals surface area contributed by atoms with Gasteiger partial charge in [0.15, 0.2) is 0 Å². The van der Waals surface area contributed by atoms with Crippen LogP contribution in [0.1, 0.15) is 26.2 Å². The molecule has 1 aliphatic carbocycles. The largest absolute Gasteiger partial charge is 0.314 e. The van der Waals surface area contributed by atoms with Crippen LogP contribution in [0.3, 0.4) is 0 Å². The molecular formula is C13H27N3. The molecule has 94 valence electrons. The van der Waals surface area contributed by atoms with Gasteiger partial charge in [-0.1, -0.05) is 6.92 Å². The van der Waals surface area contributed by atoms with E-state index in [1.165, 1.54) is 58.5 Å². The lowest BCUT2D eigenvalue weighted by Gasteiger charge is -2.20. The van der Waals surface area contributed by atoms with E-state index in [9.17, 15) is 0 Å². The Morgan fingerprint density at radius 1 is 1.31 bits per heavy atom. The van der Waals surface area contributed by atoms with Crippen molar-refractivity contribution in [3.05, 3.63) is 0 Å². The van der Waals surface area contributed by atoms with Gasteiger partial charge < -0.3 is 15.1 Å². The maximum Gasteiger partial charge on any atom is 0.0109 e. The van der Waals surface area contributed by atoms with Crippen LogP contribution in [0.2, 0.25) is 0 Å². The lowest BCUT2D eigenvalue weighted by Crippen LogP contribution is -2.33. The highest BCUT2D eigenvalue weighted by Gasteiger charge is 2.25. The Bertz CT molecular complexity index is 203. The Balaban J connectivity index is 1.55. The van der Waals surface area contributed by atoms with Gasteiger partial charge in [0.05, 0.1) is 0 Å². The van der Waals surface area contributed by atoms with Crippen LogP contribution >= 0.6 is 0 Å². The van der Waals surface area contributed by atoms with Crippen molar-refractivity contribution in [2.24, 2.45) is 5.92 Å². The summed E-state index contributed by atoms with van der Waals surface area (Å²) in [7, 11) is 2.21.